The molecular formula is C17H13BrFN3O3. The Bertz CT molecular complexity index is 940. The van der Waals surface area contributed by atoms with Crippen LogP contribution in [0.15, 0.2) is 47.2 Å². The third-order valence-electron chi connectivity index (χ3n) is 3.69. The Balaban J connectivity index is 1.92. The SMILES string of the molecule is O=C(O)C[C@H](NC(=O)c1cc(F)cc2[nH]cnc12)c1ccc(Br)cc1. The summed E-state index contributed by atoms with van der Waals surface area (Å²) in [5.74, 6) is -2.23. The average molecular weight is 406 g/mol. The van der Waals surface area contributed by atoms with Gasteiger partial charge < -0.3 is 15.4 Å². The van der Waals surface area contributed by atoms with Crippen molar-refractivity contribution in [3.8, 4) is 0 Å². The van der Waals surface area contributed by atoms with Gasteiger partial charge in [-0.05, 0) is 29.8 Å². The minimum absolute atomic E-state index is 0.0451. The van der Waals surface area contributed by atoms with Crippen molar-refractivity contribution < 1.29 is 19.1 Å². The predicted molar refractivity (Wildman–Crippen MR) is 92.7 cm³/mol. The van der Waals surface area contributed by atoms with Crippen molar-refractivity contribution in [2.24, 2.45) is 0 Å². The maximum absolute atomic E-state index is 13.7. The number of aromatic nitrogens is 2. The number of carbonyl (C=O) groups excluding carboxylic acids is 1. The Morgan fingerprint density at radius 2 is 2.00 bits per heavy atom. The van der Waals surface area contributed by atoms with Gasteiger partial charge in [-0.3, -0.25) is 9.59 Å². The van der Waals surface area contributed by atoms with E-state index in [2.05, 4.69) is 31.2 Å². The van der Waals surface area contributed by atoms with Crippen LogP contribution in [0.4, 0.5) is 4.39 Å². The number of carbonyl (C=O) groups is 2. The standard InChI is InChI=1S/C17H13BrFN3O3/c18-10-3-1-9(2-4-10)13(7-15(23)24)22-17(25)12-5-11(19)6-14-16(12)21-8-20-14/h1-6,8,13H,7H2,(H,20,21)(H,22,25)(H,23,24)/t13-/m0/s1. The van der Waals surface area contributed by atoms with Gasteiger partial charge in [0.05, 0.1) is 29.9 Å². The molecule has 1 aromatic heterocycles. The van der Waals surface area contributed by atoms with Gasteiger partial charge >= 0.3 is 5.97 Å². The van der Waals surface area contributed by atoms with Gasteiger partial charge in [0.2, 0.25) is 0 Å². The zero-order valence-electron chi connectivity index (χ0n) is 12.8. The van der Waals surface area contributed by atoms with Crippen molar-refractivity contribution in [2.75, 3.05) is 0 Å². The molecule has 3 rings (SSSR count). The molecule has 0 aliphatic rings. The lowest BCUT2D eigenvalue weighted by atomic mass is 10.0. The number of amides is 1. The Morgan fingerprint density at radius 1 is 1.28 bits per heavy atom. The predicted octanol–water partition coefficient (Wildman–Crippen LogP) is 3.41. The van der Waals surface area contributed by atoms with Gasteiger partial charge in [0.1, 0.15) is 11.3 Å². The van der Waals surface area contributed by atoms with Gasteiger partial charge in [-0.15, -0.1) is 0 Å². The number of nitrogens with one attached hydrogen (secondary N) is 2. The van der Waals surface area contributed by atoms with E-state index in [1.54, 1.807) is 24.3 Å². The van der Waals surface area contributed by atoms with E-state index < -0.39 is 23.7 Å². The number of carboxylic acids is 1. The molecule has 128 valence electrons. The summed E-state index contributed by atoms with van der Waals surface area (Å²) in [6.45, 7) is 0. The van der Waals surface area contributed by atoms with Crippen LogP contribution in [0.3, 0.4) is 0 Å². The average Bonchev–Trinajstić information content (AvgIpc) is 3.01. The summed E-state index contributed by atoms with van der Waals surface area (Å²) in [7, 11) is 0. The molecule has 25 heavy (non-hydrogen) atoms. The fraction of sp³-hybridized carbons (Fsp3) is 0.118. The van der Waals surface area contributed by atoms with Crippen molar-refractivity contribution in [3.05, 3.63) is 64.1 Å². The van der Waals surface area contributed by atoms with Gasteiger partial charge in [0.15, 0.2) is 0 Å². The van der Waals surface area contributed by atoms with Crippen LogP contribution >= 0.6 is 15.9 Å². The number of fused-ring (bicyclic) bond motifs is 1. The fourth-order valence-corrected chi connectivity index (χ4v) is 2.81. The summed E-state index contributed by atoms with van der Waals surface area (Å²) in [6.07, 6.45) is 1.07. The number of aromatic amines is 1. The molecule has 0 radical (unpaired) electrons. The Morgan fingerprint density at radius 3 is 2.68 bits per heavy atom. The zero-order chi connectivity index (χ0) is 18.0. The molecule has 0 fully saturated rings. The molecule has 0 unspecified atom stereocenters. The summed E-state index contributed by atoms with van der Waals surface area (Å²) < 4.78 is 14.6. The van der Waals surface area contributed by atoms with Crippen LogP contribution in [0.5, 0.6) is 0 Å². The summed E-state index contributed by atoms with van der Waals surface area (Å²) >= 11 is 3.31. The molecule has 3 aromatic rings. The van der Waals surface area contributed by atoms with Crippen LogP contribution in [0.1, 0.15) is 28.4 Å². The van der Waals surface area contributed by atoms with Crippen molar-refractivity contribution >= 4 is 38.8 Å². The van der Waals surface area contributed by atoms with E-state index in [4.69, 9.17) is 5.11 Å². The number of nitrogens with zero attached hydrogens (tertiary/aromatic N) is 1. The first-order valence-electron chi connectivity index (χ1n) is 7.35. The van der Waals surface area contributed by atoms with Crippen LogP contribution in [0, 0.1) is 5.82 Å². The molecule has 0 aliphatic heterocycles. The lowest BCUT2D eigenvalue weighted by Crippen LogP contribution is -2.30. The number of H-pyrrole nitrogens is 1. The van der Waals surface area contributed by atoms with Crippen LogP contribution < -0.4 is 5.32 Å². The highest BCUT2D eigenvalue weighted by atomic mass is 79.9. The van der Waals surface area contributed by atoms with Crippen LogP contribution in [0.25, 0.3) is 11.0 Å². The monoisotopic (exact) mass is 405 g/mol. The topological polar surface area (TPSA) is 95.1 Å². The number of carboxylic acid groups (broad SMARTS) is 1. The second-order valence-corrected chi connectivity index (χ2v) is 6.34. The number of rotatable bonds is 5. The van der Waals surface area contributed by atoms with E-state index >= 15 is 0 Å². The smallest absolute Gasteiger partial charge is 0.305 e. The molecule has 0 spiro atoms. The van der Waals surface area contributed by atoms with Crippen molar-refractivity contribution in [1.29, 1.82) is 0 Å². The fourth-order valence-electron chi connectivity index (χ4n) is 2.55. The molecule has 8 heteroatoms. The van der Waals surface area contributed by atoms with Gasteiger partial charge in [-0.1, -0.05) is 28.1 Å². The molecule has 6 nitrogen and oxygen atoms in total. The number of benzene rings is 2. The first-order chi connectivity index (χ1) is 11.9. The quantitative estimate of drug-likeness (QED) is 0.605. The van der Waals surface area contributed by atoms with E-state index in [0.29, 0.717) is 16.6 Å². The molecule has 0 aliphatic carbocycles. The van der Waals surface area contributed by atoms with E-state index in [1.807, 2.05) is 0 Å². The van der Waals surface area contributed by atoms with Gasteiger partial charge in [0, 0.05) is 4.47 Å². The number of hydrogen-bond donors (Lipinski definition) is 3. The molecule has 1 amide bonds. The van der Waals surface area contributed by atoms with Gasteiger partial charge in [-0.25, -0.2) is 9.37 Å². The second-order valence-electron chi connectivity index (χ2n) is 5.43. The number of halogens is 2. The highest BCUT2D eigenvalue weighted by Gasteiger charge is 2.21. The Hall–Kier alpha value is -2.74. The van der Waals surface area contributed by atoms with E-state index in [-0.39, 0.29) is 12.0 Å². The molecule has 0 saturated carbocycles. The van der Waals surface area contributed by atoms with Crippen LogP contribution in [-0.4, -0.2) is 27.0 Å². The number of imidazole rings is 1. The van der Waals surface area contributed by atoms with Crippen LogP contribution in [-0.2, 0) is 4.79 Å². The normalized spacial score (nSPS) is 12.1. The van der Waals surface area contributed by atoms with Crippen molar-refractivity contribution in [1.82, 2.24) is 15.3 Å². The largest absolute Gasteiger partial charge is 0.481 e. The highest BCUT2D eigenvalue weighted by Crippen LogP contribution is 2.22. The Labute approximate surface area is 150 Å². The zero-order valence-corrected chi connectivity index (χ0v) is 14.4. The molecule has 2 aromatic carbocycles. The highest BCUT2D eigenvalue weighted by molar-refractivity contribution is 9.10. The maximum Gasteiger partial charge on any atom is 0.305 e. The third kappa shape index (κ3) is 3.85. The lowest BCUT2D eigenvalue weighted by molar-refractivity contribution is -0.137. The summed E-state index contributed by atoms with van der Waals surface area (Å²) in [4.78, 5) is 30.5. The van der Waals surface area contributed by atoms with Gasteiger partial charge in [-0.2, -0.15) is 0 Å². The number of aliphatic carboxylic acids is 1. The molecule has 0 bridgehead atoms. The first-order valence-corrected chi connectivity index (χ1v) is 8.14. The molecule has 1 atom stereocenters. The second kappa shape index (κ2) is 7.02. The van der Waals surface area contributed by atoms with E-state index in [9.17, 15) is 14.0 Å². The molecule has 3 N–H and O–H groups in total. The van der Waals surface area contributed by atoms with Gasteiger partial charge in [0.25, 0.3) is 5.91 Å². The van der Waals surface area contributed by atoms with E-state index in [1.165, 1.54) is 12.4 Å². The minimum atomic E-state index is -1.06. The summed E-state index contributed by atoms with van der Waals surface area (Å²) in [5.41, 5.74) is 1.39. The third-order valence-corrected chi connectivity index (χ3v) is 4.22. The molecule has 1 heterocycles. The Kier molecular flexibility index (Phi) is 4.80. The summed E-state index contributed by atoms with van der Waals surface area (Å²) in [6, 6.07) is 8.51. The van der Waals surface area contributed by atoms with Crippen LogP contribution in [0.2, 0.25) is 0 Å². The number of hydrogen-bond acceptors (Lipinski definition) is 3. The summed E-state index contributed by atoms with van der Waals surface area (Å²) in [5, 5.41) is 11.8. The molecule has 0 saturated heterocycles. The lowest BCUT2D eigenvalue weighted by Gasteiger charge is -2.18. The van der Waals surface area contributed by atoms with Crippen molar-refractivity contribution in [2.45, 2.75) is 12.5 Å². The minimum Gasteiger partial charge on any atom is -0.481 e. The maximum atomic E-state index is 13.7. The molecular weight excluding hydrogens is 393 g/mol. The van der Waals surface area contributed by atoms with E-state index in [0.717, 1.165) is 10.5 Å². The van der Waals surface area contributed by atoms with Crippen molar-refractivity contribution in [3.63, 3.8) is 0 Å². The first kappa shape index (κ1) is 17.1.